The number of halogens is 1. The van der Waals surface area contributed by atoms with Gasteiger partial charge in [-0.15, -0.1) is 0 Å². The van der Waals surface area contributed by atoms with Crippen LogP contribution < -0.4 is 5.32 Å². The maximum atomic E-state index is 12.1. The van der Waals surface area contributed by atoms with Crippen molar-refractivity contribution >= 4 is 0 Å². The summed E-state index contributed by atoms with van der Waals surface area (Å²) in [6.07, 6.45) is 1.57. The second-order valence-corrected chi connectivity index (χ2v) is 3.25. The van der Waals surface area contributed by atoms with E-state index in [1.165, 1.54) is 19.5 Å². The summed E-state index contributed by atoms with van der Waals surface area (Å²) >= 11 is 0. The molecule has 0 radical (unpaired) electrons. The molecular formula is C12H29FN2. The van der Waals surface area contributed by atoms with Gasteiger partial charge in [0, 0.05) is 13.1 Å². The van der Waals surface area contributed by atoms with E-state index in [4.69, 9.17) is 0 Å². The minimum absolute atomic E-state index is 0.551. The van der Waals surface area contributed by atoms with Crippen molar-refractivity contribution in [2.45, 2.75) is 46.7 Å². The third kappa shape index (κ3) is 11.8. The van der Waals surface area contributed by atoms with Gasteiger partial charge >= 0.3 is 0 Å². The fourth-order valence-corrected chi connectivity index (χ4v) is 1.06. The van der Waals surface area contributed by atoms with E-state index >= 15 is 0 Å². The molecule has 2 heterocycles. The SMILES string of the molecule is C1CNC1.CC.CC.CN1CCC(F)C1. The van der Waals surface area contributed by atoms with Gasteiger partial charge in [-0.3, -0.25) is 0 Å². The van der Waals surface area contributed by atoms with Crippen molar-refractivity contribution in [1.29, 1.82) is 0 Å². The number of alkyl halides is 1. The molecule has 0 aromatic carbocycles. The maximum Gasteiger partial charge on any atom is 0.114 e. The fraction of sp³-hybridized carbons (Fsp3) is 1.00. The van der Waals surface area contributed by atoms with Crippen LogP contribution in [-0.4, -0.2) is 44.3 Å². The van der Waals surface area contributed by atoms with Crippen molar-refractivity contribution in [1.82, 2.24) is 10.2 Å². The molecule has 2 rings (SSSR count). The van der Waals surface area contributed by atoms with Crippen molar-refractivity contribution in [3.8, 4) is 0 Å². The molecule has 2 saturated heterocycles. The molecular weight excluding hydrogens is 191 g/mol. The molecule has 0 saturated carbocycles. The van der Waals surface area contributed by atoms with Crippen LogP contribution in [0, 0.1) is 0 Å². The van der Waals surface area contributed by atoms with Crippen LogP contribution in [0.15, 0.2) is 0 Å². The first-order chi connectivity index (χ1) is 7.29. The molecule has 0 amide bonds. The average molecular weight is 220 g/mol. The van der Waals surface area contributed by atoms with Crippen molar-refractivity contribution in [3.05, 3.63) is 0 Å². The van der Waals surface area contributed by atoms with Crippen LogP contribution >= 0.6 is 0 Å². The Bertz CT molecular complexity index is 93.8. The molecule has 0 aromatic rings. The van der Waals surface area contributed by atoms with E-state index < -0.39 is 6.17 Å². The number of hydrogen-bond donors (Lipinski definition) is 1. The number of nitrogens with one attached hydrogen (secondary N) is 1. The van der Waals surface area contributed by atoms with Gasteiger partial charge in [-0.05, 0) is 33.0 Å². The first-order valence-electron chi connectivity index (χ1n) is 6.32. The van der Waals surface area contributed by atoms with E-state index in [0.29, 0.717) is 6.54 Å². The molecule has 2 aliphatic rings. The van der Waals surface area contributed by atoms with Gasteiger partial charge in [0.15, 0.2) is 0 Å². The Kier molecular flexibility index (Phi) is 15.9. The fourth-order valence-electron chi connectivity index (χ4n) is 1.06. The second-order valence-electron chi connectivity index (χ2n) is 3.25. The molecule has 2 fully saturated rings. The van der Waals surface area contributed by atoms with E-state index in [1.54, 1.807) is 0 Å². The number of likely N-dealkylation sites (tertiary alicyclic amines) is 1. The Morgan fingerprint density at radius 2 is 1.53 bits per heavy atom. The van der Waals surface area contributed by atoms with E-state index in [2.05, 4.69) is 5.32 Å². The van der Waals surface area contributed by atoms with Gasteiger partial charge in [0.05, 0.1) is 0 Å². The number of hydrogen-bond acceptors (Lipinski definition) is 2. The van der Waals surface area contributed by atoms with Crippen molar-refractivity contribution in [2.75, 3.05) is 33.2 Å². The Morgan fingerprint density at radius 1 is 1.13 bits per heavy atom. The summed E-state index contributed by atoms with van der Waals surface area (Å²) < 4.78 is 12.1. The third-order valence-corrected chi connectivity index (χ3v) is 2.04. The summed E-state index contributed by atoms with van der Waals surface area (Å²) in [5.74, 6) is 0. The van der Waals surface area contributed by atoms with Crippen molar-refractivity contribution in [3.63, 3.8) is 0 Å². The predicted molar refractivity (Wildman–Crippen MR) is 67.2 cm³/mol. The lowest BCUT2D eigenvalue weighted by atomic mass is 10.3. The number of nitrogens with zero attached hydrogens (tertiary/aromatic N) is 1. The normalized spacial score (nSPS) is 23.2. The lowest BCUT2D eigenvalue weighted by Crippen LogP contribution is -2.29. The van der Waals surface area contributed by atoms with E-state index in [9.17, 15) is 4.39 Å². The zero-order chi connectivity index (χ0) is 12.1. The van der Waals surface area contributed by atoms with Gasteiger partial charge in [0.1, 0.15) is 6.17 Å². The molecule has 2 aliphatic heterocycles. The molecule has 94 valence electrons. The second kappa shape index (κ2) is 13.8. The minimum atomic E-state index is -0.551. The highest BCUT2D eigenvalue weighted by Crippen LogP contribution is 2.08. The Morgan fingerprint density at radius 3 is 1.60 bits per heavy atom. The van der Waals surface area contributed by atoms with Gasteiger partial charge in [-0.2, -0.15) is 0 Å². The summed E-state index contributed by atoms with van der Waals surface area (Å²) in [4.78, 5) is 2.00. The molecule has 1 N–H and O–H groups in total. The van der Waals surface area contributed by atoms with Gasteiger partial charge in [-0.25, -0.2) is 4.39 Å². The van der Waals surface area contributed by atoms with Crippen LogP contribution in [0.1, 0.15) is 40.5 Å². The number of rotatable bonds is 0. The van der Waals surface area contributed by atoms with Crippen LogP contribution in [0.25, 0.3) is 0 Å². The highest BCUT2D eigenvalue weighted by molar-refractivity contribution is 4.70. The van der Waals surface area contributed by atoms with Crippen molar-refractivity contribution in [2.24, 2.45) is 0 Å². The zero-order valence-corrected chi connectivity index (χ0v) is 11.1. The van der Waals surface area contributed by atoms with Crippen LogP contribution in [0.3, 0.4) is 0 Å². The molecule has 15 heavy (non-hydrogen) atoms. The average Bonchev–Trinajstić information content (AvgIpc) is 2.54. The molecule has 3 heteroatoms. The molecule has 0 aromatic heterocycles. The highest BCUT2D eigenvalue weighted by Gasteiger charge is 2.17. The molecule has 0 aliphatic carbocycles. The monoisotopic (exact) mass is 220 g/mol. The standard InChI is InChI=1S/C5H10FN.C3H7N.2C2H6/c1-7-3-2-5(6)4-7;1-2-4-3-1;2*1-2/h5H,2-4H2,1H3;4H,1-3H2;2*1-2H3. The van der Waals surface area contributed by atoms with Crippen LogP contribution in [-0.2, 0) is 0 Å². The first-order valence-corrected chi connectivity index (χ1v) is 6.32. The lowest BCUT2D eigenvalue weighted by Gasteiger charge is -2.09. The minimum Gasteiger partial charge on any atom is -0.317 e. The lowest BCUT2D eigenvalue weighted by molar-refractivity contribution is 0.321. The van der Waals surface area contributed by atoms with E-state index in [-0.39, 0.29) is 0 Å². The van der Waals surface area contributed by atoms with Crippen LogP contribution in [0.5, 0.6) is 0 Å². The zero-order valence-electron chi connectivity index (χ0n) is 11.1. The van der Waals surface area contributed by atoms with Crippen LogP contribution in [0.2, 0.25) is 0 Å². The van der Waals surface area contributed by atoms with E-state index in [0.717, 1.165) is 13.0 Å². The Balaban J connectivity index is 0. The van der Waals surface area contributed by atoms with Gasteiger partial charge in [0.25, 0.3) is 0 Å². The third-order valence-electron chi connectivity index (χ3n) is 2.04. The van der Waals surface area contributed by atoms with Gasteiger partial charge < -0.3 is 10.2 Å². The van der Waals surface area contributed by atoms with Crippen LogP contribution in [0.4, 0.5) is 4.39 Å². The summed E-state index contributed by atoms with van der Waals surface area (Å²) in [7, 11) is 1.94. The molecule has 2 nitrogen and oxygen atoms in total. The summed E-state index contributed by atoms with van der Waals surface area (Å²) in [5.41, 5.74) is 0. The Labute approximate surface area is 95.2 Å². The quantitative estimate of drug-likeness (QED) is 0.675. The molecule has 0 bridgehead atoms. The summed E-state index contributed by atoms with van der Waals surface area (Å²) in [6, 6.07) is 0. The first kappa shape index (κ1) is 17.3. The van der Waals surface area contributed by atoms with Crippen molar-refractivity contribution < 1.29 is 4.39 Å². The van der Waals surface area contributed by atoms with E-state index in [1.807, 2.05) is 39.6 Å². The molecule has 1 unspecified atom stereocenters. The summed E-state index contributed by atoms with van der Waals surface area (Å²) in [5, 5.41) is 3.11. The maximum absolute atomic E-state index is 12.1. The largest absolute Gasteiger partial charge is 0.317 e. The molecule has 0 spiro atoms. The predicted octanol–water partition coefficient (Wildman–Crippen LogP) is 2.69. The Hall–Kier alpha value is -0.150. The highest BCUT2D eigenvalue weighted by atomic mass is 19.1. The van der Waals surface area contributed by atoms with Gasteiger partial charge in [-0.1, -0.05) is 27.7 Å². The topological polar surface area (TPSA) is 15.3 Å². The molecule has 1 atom stereocenters. The smallest absolute Gasteiger partial charge is 0.114 e. The van der Waals surface area contributed by atoms with Gasteiger partial charge in [0.2, 0.25) is 0 Å². The summed E-state index contributed by atoms with van der Waals surface area (Å²) in [6.45, 7) is 12.1.